The van der Waals surface area contributed by atoms with Crippen LogP contribution in [0.5, 0.6) is 5.75 Å². The molecule has 0 fully saturated rings. The molecule has 1 aromatic heterocycles. The second-order valence-electron chi connectivity index (χ2n) is 3.80. The van der Waals surface area contributed by atoms with E-state index in [0.29, 0.717) is 5.69 Å². The van der Waals surface area contributed by atoms with E-state index in [1.807, 2.05) is 4.98 Å². The summed E-state index contributed by atoms with van der Waals surface area (Å²) in [5.41, 5.74) is 1.15. The lowest BCUT2D eigenvalue weighted by atomic mass is 10.3. The molecule has 108 valence electrons. The van der Waals surface area contributed by atoms with Crippen molar-refractivity contribution in [2.24, 2.45) is 0 Å². The fourth-order valence-electron chi connectivity index (χ4n) is 1.48. The van der Waals surface area contributed by atoms with Gasteiger partial charge in [0.1, 0.15) is 17.4 Å². The summed E-state index contributed by atoms with van der Waals surface area (Å²) in [5, 5.41) is 8.72. The zero-order chi connectivity index (χ0) is 15.4. The van der Waals surface area contributed by atoms with E-state index in [1.54, 1.807) is 6.07 Å². The highest BCUT2D eigenvalue weighted by atomic mass is 19.3. The largest absolute Gasteiger partial charge is 0.435 e. The quantitative estimate of drug-likeness (QED) is 0.872. The molecule has 0 bridgehead atoms. The van der Waals surface area contributed by atoms with Gasteiger partial charge < -0.3 is 4.74 Å². The third kappa shape index (κ3) is 3.44. The zero-order valence-corrected chi connectivity index (χ0v) is 10.3. The van der Waals surface area contributed by atoms with Crippen molar-refractivity contribution < 1.29 is 13.5 Å². The summed E-state index contributed by atoms with van der Waals surface area (Å²) in [6.07, 6.45) is 1.03. The van der Waals surface area contributed by atoms with E-state index in [4.69, 9.17) is 5.26 Å². The Morgan fingerprint density at radius 2 is 1.95 bits per heavy atom. The number of nitriles is 1. The molecule has 9 heteroatoms. The average Bonchev–Trinajstić information content (AvgIpc) is 2.43. The smallest absolute Gasteiger partial charge is 0.387 e. The molecule has 2 rings (SSSR count). The molecule has 21 heavy (non-hydrogen) atoms. The number of nitrogens with one attached hydrogen (secondary N) is 2. The number of alkyl halides is 2. The molecule has 0 aliphatic carbocycles. The number of benzene rings is 1. The molecule has 0 amide bonds. The average molecular weight is 294 g/mol. The molecule has 7 nitrogen and oxygen atoms in total. The van der Waals surface area contributed by atoms with Crippen molar-refractivity contribution in [2.45, 2.75) is 6.61 Å². The normalized spacial score (nSPS) is 10.2. The van der Waals surface area contributed by atoms with Crippen LogP contribution in [0.3, 0.4) is 0 Å². The Balaban J connectivity index is 2.25. The standard InChI is InChI=1S/C12H8F2N4O3/c13-11(14)21-9-3-1-8(2-4-9)17-18-6-7(5-15)10(19)16-12(18)20/h1-4,6,11,17H,(H,16,19,20). The van der Waals surface area contributed by atoms with Gasteiger partial charge in [0.05, 0.1) is 11.9 Å². The summed E-state index contributed by atoms with van der Waals surface area (Å²) in [5.74, 6) is -0.0397. The van der Waals surface area contributed by atoms with Crippen molar-refractivity contribution in [3.05, 3.63) is 56.9 Å². The second-order valence-corrected chi connectivity index (χ2v) is 3.80. The minimum atomic E-state index is -2.93. The number of hydrogen-bond donors (Lipinski definition) is 2. The fraction of sp³-hybridized carbons (Fsp3) is 0.0833. The minimum absolute atomic E-state index is 0.0397. The van der Waals surface area contributed by atoms with Crippen molar-refractivity contribution in [1.29, 1.82) is 5.26 Å². The third-order valence-corrected chi connectivity index (χ3v) is 2.39. The molecule has 0 saturated heterocycles. The van der Waals surface area contributed by atoms with Crippen molar-refractivity contribution in [3.63, 3.8) is 0 Å². The molecule has 2 aromatic rings. The number of ether oxygens (including phenoxy) is 1. The first-order valence-electron chi connectivity index (χ1n) is 5.57. The van der Waals surface area contributed by atoms with Crippen LogP contribution in [0, 0.1) is 11.3 Å². The number of nitrogens with zero attached hydrogens (tertiary/aromatic N) is 2. The van der Waals surface area contributed by atoms with Crippen LogP contribution in [0.4, 0.5) is 14.5 Å². The molecule has 0 atom stereocenters. The summed E-state index contributed by atoms with van der Waals surface area (Å²) >= 11 is 0. The van der Waals surface area contributed by atoms with Crippen molar-refractivity contribution in [2.75, 3.05) is 5.43 Å². The van der Waals surface area contributed by atoms with E-state index in [9.17, 15) is 18.4 Å². The van der Waals surface area contributed by atoms with E-state index in [0.717, 1.165) is 10.9 Å². The molecular formula is C12H8F2N4O3. The first-order valence-corrected chi connectivity index (χ1v) is 5.57. The maximum absolute atomic E-state index is 12.0. The van der Waals surface area contributed by atoms with Crippen LogP contribution in [0.15, 0.2) is 40.1 Å². The molecule has 0 unspecified atom stereocenters. The van der Waals surface area contributed by atoms with Gasteiger partial charge in [-0.15, -0.1) is 0 Å². The molecule has 0 saturated carbocycles. The highest BCUT2D eigenvalue weighted by Gasteiger charge is 2.06. The summed E-state index contributed by atoms with van der Waals surface area (Å²) in [6, 6.07) is 6.96. The Morgan fingerprint density at radius 1 is 1.29 bits per heavy atom. The third-order valence-electron chi connectivity index (χ3n) is 2.39. The molecule has 0 spiro atoms. The maximum Gasteiger partial charge on any atom is 0.387 e. The van der Waals surface area contributed by atoms with E-state index in [2.05, 4.69) is 10.2 Å². The van der Waals surface area contributed by atoms with Crippen LogP contribution in [0.1, 0.15) is 5.56 Å². The van der Waals surface area contributed by atoms with Gasteiger partial charge >= 0.3 is 12.3 Å². The number of anilines is 1. The van der Waals surface area contributed by atoms with Gasteiger partial charge in [-0.05, 0) is 24.3 Å². The van der Waals surface area contributed by atoms with Crippen LogP contribution in [-0.2, 0) is 0 Å². The number of aromatic nitrogens is 2. The van der Waals surface area contributed by atoms with Gasteiger partial charge in [0.25, 0.3) is 5.56 Å². The second kappa shape index (κ2) is 5.87. The SMILES string of the molecule is N#Cc1cn(Nc2ccc(OC(F)F)cc2)c(=O)[nH]c1=O. The number of hydrogen-bond acceptors (Lipinski definition) is 5. The first kappa shape index (κ1) is 14.3. The number of halogens is 2. The van der Waals surface area contributed by atoms with E-state index < -0.39 is 17.9 Å². The van der Waals surface area contributed by atoms with Crippen molar-refractivity contribution >= 4 is 5.69 Å². The fourth-order valence-corrected chi connectivity index (χ4v) is 1.48. The van der Waals surface area contributed by atoms with Crippen LogP contribution in [0.2, 0.25) is 0 Å². The van der Waals surface area contributed by atoms with Gasteiger partial charge in [-0.3, -0.25) is 15.2 Å². The minimum Gasteiger partial charge on any atom is -0.435 e. The Morgan fingerprint density at radius 3 is 2.52 bits per heavy atom. The summed E-state index contributed by atoms with van der Waals surface area (Å²) < 4.78 is 29.1. The number of aromatic amines is 1. The van der Waals surface area contributed by atoms with Crippen LogP contribution in [0.25, 0.3) is 0 Å². The predicted molar refractivity (Wildman–Crippen MR) is 68.1 cm³/mol. The summed E-state index contributed by atoms with van der Waals surface area (Å²) in [4.78, 5) is 24.7. The van der Waals surface area contributed by atoms with Crippen LogP contribution in [-0.4, -0.2) is 16.3 Å². The number of H-pyrrole nitrogens is 1. The Hall–Kier alpha value is -3.15. The van der Waals surface area contributed by atoms with Crippen molar-refractivity contribution in [1.82, 2.24) is 9.66 Å². The van der Waals surface area contributed by atoms with Crippen LogP contribution < -0.4 is 21.4 Å². The molecule has 0 aliphatic heterocycles. The Labute approximate surface area is 116 Å². The van der Waals surface area contributed by atoms with Gasteiger partial charge in [-0.25, -0.2) is 9.47 Å². The summed E-state index contributed by atoms with van der Waals surface area (Å²) in [6.45, 7) is -2.93. The van der Waals surface area contributed by atoms with Gasteiger partial charge in [0.2, 0.25) is 0 Å². The number of rotatable bonds is 4. The van der Waals surface area contributed by atoms with Gasteiger partial charge in [-0.2, -0.15) is 14.0 Å². The molecule has 1 heterocycles. The van der Waals surface area contributed by atoms with Gasteiger partial charge in [0, 0.05) is 0 Å². The molecule has 0 radical (unpaired) electrons. The molecule has 1 aromatic carbocycles. The lowest BCUT2D eigenvalue weighted by molar-refractivity contribution is -0.0498. The maximum atomic E-state index is 12.0. The monoisotopic (exact) mass is 294 g/mol. The first-order chi connectivity index (χ1) is 9.99. The Kier molecular flexibility index (Phi) is 3.99. The van der Waals surface area contributed by atoms with E-state index in [1.165, 1.54) is 24.3 Å². The molecular weight excluding hydrogens is 286 g/mol. The van der Waals surface area contributed by atoms with Crippen molar-refractivity contribution in [3.8, 4) is 11.8 Å². The summed E-state index contributed by atoms with van der Waals surface area (Å²) in [7, 11) is 0. The van der Waals surface area contributed by atoms with Gasteiger partial charge in [0.15, 0.2) is 0 Å². The van der Waals surface area contributed by atoms with E-state index >= 15 is 0 Å². The molecule has 2 N–H and O–H groups in total. The topological polar surface area (TPSA) is 99.9 Å². The Bertz CT molecular complexity index is 790. The highest BCUT2D eigenvalue weighted by molar-refractivity contribution is 5.46. The highest BCUT2D eigenvalue weighted by Crippen LogP contribution is 2.17. The lowest BCUT2D eigenvalue weighted by Crippen LogP contribution is -2.34. The van der Waals surface area contributed by atoms with E-state index in [-0.39, 0.29) is 11.3 Å². The van der Waals surface area contributed by atoms with Crippen LogP contribution >= 0.6 is 0 Å². The molecule has 0 aliphatic rings. The predicted octanol–water partition coefficient (Wildman–Crippen LogP) is 0.885. The van der Waals surface area contributed by atoms with Gasteiger partial charge in [-0.1, -0.05) is 0 Å². The lowest BCUT2D eigenvalue weighted by Gasteiger charge is -2.10. The zero-order valence-electron chi connectivity index (χ0n) is 10.3.